The topological polar surface area (TPSA) is 68.0 Å². The lowest BCUT2D eigenvalue weighted by atomic mass is 10.2. The van der Waals surface area contributed by atoms with Gasteiger partial charge < -0.3 is 9.67 Å². The van der Waals surface area contributed by atoms with Crippen LogP contribution in [0.4, 0.5) is 0 Å². The van der Waals surface area contributed by atoms with Gasteiger partial charge in [-0.2, -0.15) is 11.8 Å². The molecule has 2 rings (SSSR count). The molecule has 1 N–H and O–H groups in total. The molecule has 0 aromatic carbocycles. The van der Waals surface area contributed by atoms with Crippen molar-refractivity contribution in [1.82, 2.24) is 14.8 Å². The van der Waals surface area contributed by atoms with Crippen molar-refractivity contribution in [2.45, 2.75) is 36.7 Å². The molecule has 94 valence electrons. The summed E-state index contributed by atoms with van der Waals surface area (Å²) in [7, 11) is 0. The van der Waals surface area contributed by atoms with Gasteiger partial charge in [-0.1, -0.05) is 11.8 Å². The second-order valence-electron chi connectivity index (χ2n) is 3.77. The number of aliphatic carboxylic acids is 1. The minimum Gasteiger partial charge on any atom is -0.481 e. The molecule has 0 aliphatic carbocycles. The van der Waals surface area contributed by atoms with E-state index in [1.807, 2.05) is 23.3 Å². The van der Waals surface area contributed by atoms with Crippen molar-refractivity contribution < 1.29 is 9.90 Å². The minimum absolute atomic E-state index is 0.0376. The largest absolute Gasteiger partial charge is 0.481 e. The number of nitrogens with zero attached hydrogens (tertiary/aromatic N) is 3. The van der Waals surface area contributed by atoms with Gasteiger partial charge in [-0.3, -0.25) is 4.79 Å². The molecule has 2 heterocycles. The Kier molecular flexibility index (Phi) is 4.33. The average Bonchev–Trinajstić information content (AvgIpc) is 2.94. The summed E-state index contributed by atoms with van der Waals surface area (Å²) < 4.78 is 2.04. The molecule has 1 aromatic heterocycles. The van der Waals surface area contributed by atoms with E-state index in [-0.39, 0.29) is 5.75 Å². The summed E-state index contributed by atoms with van der Waals surface area (Å²) >= 11 is 3.15. The van der Waals surface area contributed by atoms with Crippen LogP contribution < -0.4 is 0 Å². The maximum absolute atomic E-state index is 10.6. The number of hydrogen-bond donors (Lipinski definition) is 1. The van der Waals surface area contributed by atoms with Gasteiger partial charge >= 0.3 is 5.97 Å². The molecule has 1 saturated heterocycles. The predicted octanol–water partition coefficient (Wildman–Crippen LogP) is 2.04. The first-order valence-corrected chi connectivity index (χ1v) is 7.65. The van der Waals surface area contributed by atoms with E-state index in [2.05, 4.69) is 10.2 Å². The van der Waals surface area contributed by atoms with Gasteiger partial charge in [-0.15, -0.1) is 10.2 Å². The average molecular weight is 273 g/mol. The lowest BCUT2D eigenvalue weighted by Gasteiger charge is -2.10. The van der Waals surface area contributed by atoms with Crippen molar-refractivity contribution in [2.24, 2.45) is 0 Å². The molecule has 0 spiro atoms. The number of carbonyl (C=O) groups is 1. The van der Waals surface area contributed by atoms with E-state index in [0.29, 0.717) is 5.25 Å². The number of carboxylic acid groups (broad SMARTS) is 1. The molecule has 0 bridgehead atoms. The summed E-state index contributed by atoms with van der Waals surface area (Å²) in [4.78, 5) is 10.6. The highest BCUT2D eigenvalue weighted by atomic mass is 32.2. The van der Waals surface area contributed by atoms with Crippen LogP contribution in [0, 0.1) is 0 Å². The first-order chi connectivity index (χ1) is 8.22. The Morgan fingerprint density at radius 1 is 1.65 bits per heavy atom. The first kappa shape index (κ1) is 12.8. The summed E-state index contributed by atoms with van der Waals surface area (Å²) in [5.41, 5.74) is 0. The maximum atomic E-state index is 10.6. The van der Waals surface area contributed by atoms with Gasteiger partial charge in [0.15, 0.2) is 5.16 Å². The Morgan fingerprint density at radius 2 is 2.47 bits per heavy atom. The van der Waals surface area contributed by atoms with Crippen LogP contribution in [0.3, 0.4) is 0 Å². The number of hydrogen-bond acceptors (Lipinski definition) is 5. The first-order valence-electron chi connectivity index (χ1n) is 5.61. The maximum Gasteiger partial charge on any atom is 0.313 e. The Bertz CT molecular complexity index is 402. The van der Waals surface area contributed by atoms with Crippen molar-refractivity contribution in [3.63, 3.8) is 0 Å². The van der Waals surface area contributed by atoms with Crippen LogP contribution in [0.15, 0.2) is 5.16 Å². The fourth-order valence-electron chi connectivity index (χ4n) is 1.85. The van der Waals surface area contributed by atoms with Crippen LogP contribution >= 0.6 is 23.5 Å². The van der Waals surface area contributed by atoms with Crippen LogP contribution in [-0.2, 0) is 11.3 Å². The third-order valence-electron chi connectivity index (χ3n) is 2.60. The molecule has 17 heavy (non-hydrogen) atoms. The smallest absolute Gasteiger partial charge is 0.313 e. The van der Waals surface area contributed by atoms with E-state index < -0.39 is 5.97 Å². The third kappa shape index (κ3) is 2.95. The summed E-state index contributed by atoms with van der Waals surface area (Å²) in [5, 5.41) is 18.2. The van der Waals surface area contributed by atoms with E-state index in [0.717, 1.165) is 23.9 Å². The van der Waals surface area contributed by atoms with Gasteiger partial charge in [-0.05, 0) is 25.5 Å². The van der Waals surface area contributed by atoms with E-state index in [4.69, 9.17) is 5.11 Å². The molecule has 1 aliphatic heterocycles. The number of carboxylic acids is 1. The van der Waals surface area contributed by atoms with Crippen LogP contribution in [0.5, 0.6) is 0 Å². The molecular formula is C10H15N3O2S2. The van der Waals surface area contributed by atoms with Gasteiger partial charge in [0.1, 0.15) is 5.82 Å². The van der Waals surface area contributed by atoms with Crippen LogP contribution in [0.1, 0.15) is 30.8 Å². The SMILES string of the molecule is CCn1c(SCC(=O)O)nnc1C1CCCS1. The van der Waals surface area contributed by atoms with E-state index >= 15 is 0 Å². The van der Waals surface area contributed by atoms with Crippen molar-refractivity contribution in [1.29, 1.82) is 0 Å². The highest BCUT2D eigenvalue weighted by molar-refractivity contribution is 8.00. The Morgan fingerprint density at radius 3 is 3.06 bits per heavy atom. The van der Waals surface area contributed by atoms with Gasteiger partial charge in [0.25, 0.3) is 0 Å². The van der Waals surface area contributed by atoms with E-state index in [1.165, 1.54) is 23.9 Å². The molecule has 1 fully saturated rings. The van der Waals surface area contributed by atoms with Crippen LogP contribution in [0.2, 0.25) is 0 Å². The molecule has 0 amide bonds. The molecule has 1 aromatic rings. The zero-order chi connectivity index (χ0) is 12.3. The zero-order valence-corrected chi connectivity index (χ0v) is 11.3. The van der Waals surface area contributed by atoms with Crippen LogP contribution in [-0.4, -0.2) is 37.3 Å². The lowest BCUT2D eigenvalue weighted by molar-refractivity contribution is -0.133. The Balaban J connectivity index is 2.14. The number of thioether (sulfide) groups is 2. The van der Waals surface area contributed by atoms with E-state index in [9.17, 15) is 4.79 Å². The normalized spacial score (nSPS) is 19.7. The zero-order valence-electron chi connectivity index (χ0n) is 9.63. The summed E-state index contributed by atoms with van der Waals surface area (Å²) in [6, 6.07) is 0. The van der Waals surface area contributed by atoms with Gasteiger partial charge in [0.05, 0.1) is 11.0 Å². The Labute approximate surface area is 108 Å². The summed E-state index contributed by atoms with van der Waals surface area (Å²) in [6.45, 7) is 2.83. The minimum atomic E-state index is -0.822. The highest BCUT2D eigenvalue weighted by Crippen LogP contribution is 2.39. The monoisotopic (exact) mass is 273 g/mol. The second-order valence-corrected chi connectivity index (χ2v) is 6.02. The fraction of sp³-hybridized carbons (Fsp3) is 0.700. The quantitative estimate of drug-likeness (QED) is 0.828. The van der Waals surface area contributed by atoms with E-state index in [1.54, 1.807) is 0 Å². The molecule has 1 aliphatic rings. The lowest BCUT2D eigenvalue weighted by Crippen LogP contribution is -2.06. The number of aromatic nitrogens is 3. The second kappa shape index (κ2) is 5.77. The number of rotatable bonds is 5. The van der Waals surface area contributed by atoms with Crippen molar-refractivity contribution in [2.75, 3.05) is 11.5 Å². The molecule has 0 saturated carbocycles. The van der Waals surface area contributed by atoms with Crippen molar-refractivity contribution in [3.8, 4) is 0 Å². The highest BCUT2D eigenvalue weighted by Gasteiger charge is 2.24. The van der Waals surface area contributed by atoms with Gasteiger partial charge in [-0.25, -0.2) is 0 Å². The molecule has 7 heteroatoms. The standard InChI is InChI=1S/C10H15N3O2S2/c1-2-13-9(7-4-3-5-16-7)11-12-10(13)17-6-8(14)15/h7H,2-6H2,1H3,(H,14,15). The molecule has 1 unspecified atom stereocenters. The predicted molar refractivity (Wildman–Crippen MR) is 68.5 cm³/mol. The van der Waals surface area contributed by atoms with Crippen molar-refractivity contribution in [3.05, 3.63) is 5.82 Å². The fourth-order valence-corrected chi connectivity index (χ4v) is 3.85. The van der Waals surface area contributed by atoms with Crippen LogP contribution in [0.25, 0.3) is 0 Å². The van der Waals surface area contributed by atoms with Gasteiger partial charge in [0, 0.05) is 6.54 Å². The molecular weight excluding hydrogens is 258 g/mol. The Hall–Kier alpha value is -0.690. The molecule has 0 radical (unpaired) electrons. The van der Waals surface area contributed by atoms with Crippen molar-refractivity contribution >= 4 is 29.5 Å². The molecule has 1 atom stereocenters. The van der Waals surface area contributed by atoms with Gasteiger partial charge in [0.2, 0.25) is 0 Å². The molecule has 5 nitrogen and oxygen atoms in total. The third-order valence-corrected chi connectivity index (χ3v) is 4.93. The summed E-state index contributed by atoms with van der Waals surface area (Å²) in [6.07, 6.45) is 2.37. The summed E-state index contributed by atoms with van der Waals surface area (Å²) in [5.74, 6) is 1.40.